The number of hydrogen-bond donors (Lipinski definition) is 1. The molecule has 0 bridgehead atoms. The van der Waals surface area contributed by atoms with Gasteiger partial charge in [-0.1, -0.05) is 0 Å². The molecule has 2 aliphatic rings. The van der Waals surface area contributed by atoms with Crippen LogP contribution in [0.25, 0.3) is 0 Å². The van der Waals surface area contributed by atoms with Gasteiger partial charge in [0.1, 0.15) is 0 Å². The summed E-state index contributed by atoms with van der Waals surface area (Å²) in [4.78, 5) is 12.0. The van der Waals surface area contributed by atoms with Gasteiger partial charge in [0, 0.05) is 5.56 Å². The van der Waals surface area contributed by atoms with E-state index in [9.17, 15) is 4.79 Å². The monoisotopic (exact) mass is 229 g/mol. The van der Waals surface area contributed by atoms with Crippen molar-refractivity contribution in [1.82, 2.24) is 0 Å². The Balaban J connectivity index is 2.08. The van der Waals surface area contributed by atoms with Crippen molar-refractivity contribution in [2.75, 3.05) is 0 Å². The molecule has 0 amide bonds. The Labute approximate surface area is 102 Å². The van der Waals surface area contributed by atoms with Crippen LogP contribution in [0.5, 0.6) is 0 Å². The fourth-order valence-electron chi connectivity index (χ4n) is 3.42. The molecule has 0 aromatic heterocycles. The van der Waals surface area contributed by atoms with Crippen LogP contribution in [0.1, 0.15) is 59.2 Å². The van der Waals surface area contributed by atoms with Crippen LogP contribution in [0.2, 0.25) is 0 Å². The maximum absolute atomic E-state index is 12.0. The van der Waals surface area contributed by atoms with E-state index in [0.717, 1.165) is 24.3 Å². The molecule has 2 nitrogen and oxygen atoms in total. The Hall–Kier alpha value is -1.15. The van der Waals surface area contributed by atoms with E-state index in [1.807, 2.05) is 0 Å². The number of carbonyl (C=O) groups excluding carboxylic acids is 1. The summed E-state index contributed by atoms with van der Waals surface area (Å²) in [6.45, 7) is 1.77. The second kappa shape index (κ2) is 3.95. The lowest BCUT2D eigenvalue weighted by molar-refractivity contribution is 0.0967. The van der Waals surface area contributed by atoms with E-state index in [1.165, 1.54) is 30.4 Å². The molecule has 2 atom stereocenters. The SMILES string of the molecule is CC(N)C(=O)c1cc2c3c(c1)CCC3CCC2. The van der Waals surface area contributed by atoms with Gasteiger partial charge in [-0.05, 0) is 73.8 Å². The summed E-state index contributed by atoms with van der Waals surface area (Å²) in [5, 5.41) is 0. The number of hydrogen-bond acceptors (Lipinski definition) is 2. The average molecular weight is 229 g/mol. The van der Waals surface area contributed by atoms with Crippen LogP contribution in [0, 0.1) is 0 Å². The van der Waals surface area contributed by atoms with Gasteiger partial charge in [0.25, 0.3) is 0 Å². The van der Waals surface area contributed by atoms with Crippen LogP contribution in [0.15, 0.2) is 12.1 Å². The maximum Gasteiger partial charge on any atom is 0.179 e. The van der Waals surface area contributed by atoms with E-state index in [-0.39, 0.29) is 11.8 Å². The van der Waals surface area contributed by atoms with Gasteiger partial charge >= 0.3 is 0 Å². The lowest BCUT2D eigenvalue weighted by atomic mass is 9.82. The second-order valence-corrected chi connectivity index (χ2v) is 5.49. The van der Waals surface area contributed by atoms with Gasteiger partial charge in [0.2, 0.25) is 0 Å². The molecule has 2 unspecified atom stereocenters. The molecule has 0 heterocycles. The number of aryl methyl sites for hydroxylation is 2. The van der Waals surface area contributed by atoms with Crippen molar-refractivity contribution in [3.63, 3.8) is 0 Å². The predicted octanol–water partition coefficient (Wildman–Crippen LogP) is 2.58. The molecule has 0 saturated carbocycles. The maximum atomic E-state index is 12.0. The Morgan fingerprint density at radius 3 is 2.71 bits per heavy atom. The van der Waals surface area contributed by atoms with Gasteiger partial charge in [-0.25, -0.2) is 0 Å². The normalized spacial score (nSPS) is 23.3. The van der Waals surface area contributed by atoms with Crippen LogP contribution in [0.4, 0.5) is 0 Å². The number of ketones is 1. The Kier molecular flexibility index (Phi) is 2.55. The number of nitrogens with two attached hydrogens (primary N) is 1. The van der Waals surface area contributed by atoms with Gasteiger partial charge in [-0.3, -0.25) is 4.79 Å². The third-order valence-electron chi connectivity index (χ3n) is 4.22. The summed E-state index contributed by atoms with van der Waals surface area (Å²) in [6, 6.07) is 3.80. The molecule has 0 radical (unpaired) electrons. The summed E-state index contributed by atoms with van der Waals surface area (Å²) >= 11 is 0. The van der Waals surface area contributed by atoms with Crippen molar-refractivity contribution in [3.05, 3.63) is 34.4 Å². The van der Waals surface area contributed by atoms with Gasteiger partial charge in [-0.15, -0.1) is 0 Å². The van der Waals surface area contributed by atoms with E-state index >= 15 is 0 Å². The molecule has 2 heteroatoms. The molecule has 0 fully saturated rings. The quantitative estimate of drug-likeness (QED) is 0.792. The number of benzene rings is 1. The Bertz CT molecular complexity index is 476. The minimum atomic E-state index is -0.388. The predicted molar refractivity (Wildman–Crippen MR) is 68.4 cm³/mol. The van der Waals surface area contributed by atoms with E-state index in [0.29, 0.717) is 0 Å². The van der Waals surface area contributed by atoms with Crippen molar-refractivity contribution in [1.29, 1.82) is 0 Å². The molecule has 90 valence electrons. The number of carbonyl (C=O) groups is 1. The third-order valence-corrected chi connectivity index (χ3v) is 4.22. The molecule has 2 N–H and O–H groups in total. The van der Waals surface area contributed by atoms with Gasteiger partial charge in [0.15, 0.2) is 5.78 Å². The van der Waals surface area contributed by atoms with E-state index < -0.39 is 0 Å². The highest BCUT2D eigenvalue weighted by Gasteiger charge is 2.29. The molecule has 0 spiro atoms. The summed E-state index contributed by atoms with van der Waals surface area (Å²) < 4.78 is 0. The van der Waals surface area contributed by atoms with Crippen molar-refractivity contribution < 1.29 is 4.79 Å². The molecule has 1 aromatic rings. The van der Waals surface area contributed by atoms with Crippen LogP contribution in [-0.2, 0) is 12.8 Å². The molecule has 3 rings (SSSR count). The van der Waals surface area contributed by atoms with Crippen molar-refractivity contribution in [3.8, 4) is 0 Å². The molecule has 1 aromatic carbocycles. The highest BCUT2D eigenvalue weighted by atomic mass is 16.1. The summed E-state index contributed by atoms with van der Waals surface area (Å²) in [5.41, 5.74) is 10.9. The van der Waals surface area contributed by atoms with Crippen LogP contribution in [-0.4, -0.2) is 11.8 Å². The molecule has 17 heavy (non-hydrogen) atoms. The summed E-state index contributed by atoms with van der Waals surface area (Å²) in [6.07, 6.45) is 6.16. The summed E-state index contributed by atoms with van der Waals surface area (Å²) in [5.74, 6) is 0.853. The molecular weight excluding hydrogens is 210 g/mol. The van der Waals surface area contributed by atoms with E-state index in [4.69, 9.17) is 5.73 Å². The Morgan fingerprint density at radius 1 is 1.29 bits per heavy atom. The lowest BCUT2D eigenvalue weighted by Gasteiger charge is -2.22. The van der Waals surface area contributed by atoms with E-state index in [2.05, 4.69) is 12.1 Å². The van der Waals surface area contributed by atoms with Crippen molar-refractivity contribution >= 4 is 5.78 Å². The Morgan fingerprint density at radius 2 is 2.00 bits per heavy atom. The van der Waals surface area contributed by atoms with Crippen molar-refractivity contribution in [2.24, 2.45) is 5.73 Å². The fraction of sp³-hybridized carbons (Fsp3) is 0.533. The summed E-state index contributed by atoms with van der Waals surface area (Å²) in [7, 11) is 0. The minimum Gasteiger partial charge on any atom is -0.321 e. The smallest absolute Gasteiger partial charge is 0.179 e. The zero-order valence-corrected chi connectivity index (χ0v) is 10.3. The molecule has 0 saturated heterocycles. The largest absolute Gasteiger partial charge is 0.321 e. The van der Waals surface area contributed by atoms with Gasteiger partial charge in [-0.2, -0.15) is 0 Å². The third kappa shape index (κ3) is 1.71. The average Bonchev–Trinajstić information content (AvgIpc) is 2.73. The van der Waals surface area contributed by atoms with Gasteiger partial charge in [0.05, 0.1) is 6.04 Å². The first-order valence-electron chi connectivity index (χ1n) is 6.62. The fourth-order valence-corrected chi connectivity index (χ4v) is 3.42. The van der Waals surface area contributed by atoms with E-state index in [1.54, 1.807) is 12.5 Å². The zero-order chi connectivity index (χ0) is 12.0. The molecule has 2 aliphatic carbocycles. The van der Waals surface area contributed by atoms with Crippen LogP contribution < -0.4 is 5.73 Å². The first-order chi connectivity index (χ1) is 8.16. The highest BCUT2D eigenvalue weighted by Crippen LogP contribution is 2.43. The standard InChI is InChI=1S/C15H19NO/c1-9(16)15(17)13-7-11-4-2-3-10-5-6-12(8-13)14(10)11/h7-10H,2-6,16H2,1H3. The van der Waals surface area contributed by atoms with Gasteiger partial charge < -0.3 is 5.73 Å². The number of Topliss-reactive ketones (excluding diaryl/α,β-unsaturated/α-hetero) is 1. The lowest BCUT2D eigenvalue weighted by Crippen LogP contribution is -2.27. The minimum absolute atomic E-state index is 0.0815. The molecule has 0 aliphatic heterocycles. The topological polar surface area (TPSA) is 43.1 Å². The van der Waals surface area contributed by atoms with Crippen molar-refractivity contribution in [2.45, 2.75) is 51.0 Å². The first-order valence-corrected chi connectivity index (χ1v) is 6.62. The van der Waals surface area contributed by atoms with Crippen LogP contribution >= 0.6 is 0 Å². The molecular formula is C15H19NO. The number of rotatable bonds is 2. The second-order valence-electron chi connectivity index (χ2n) is 5.49. The van der Waals surface area contributed by atoms with Crippen LogP contribution in [0.3, 0.4) is 0 Å². The highest BCUT2D eigenvalue weighted by molar-refractivity contribution is 6.00. The zero-order valence-electron chi connectivity index (χ0n) is 10.3. The first kappa shape index (κ1) is 11.0.